The number of allylic oxidation sites excluding steroid dienone is 1. The van der Waals surface area contributed by atoms with Crippen LogP contribution in [0.4, 0.5) is 0 Å². The second-order valence-corrected chi connectivity index (χ2v) is 19.0. The van der Waals surface area contributed by atoms with E-state index in [0.29, 0.717) is 6.42 Å². The molecular formula is C49H91NO18. The third-order valence-electron chi connectivity index (χ3n) is 13.3. The van der Waals surface area contributed by atoms with Gasteiger partial charge in [0, 0.05) is 6.42 Å². The number of aliphatic hydroxyl groups excluding tert-OH is 11. The zero-order valence-corrected chi connectivity index (χ0v) is 40.8. The predicted molar refractivity (Wildman–Crippen MR) is 250 cm³/mol. The first-order valence-corrected chi connectivity index (χ1v) is 25.9. The summed E-state index contributed by atoms with van der Waals surface area (Å²) >= 11 is 0. The molecule has 400 valence electrons. The summed E-state index contributed by atoms with van der Waals surface area (Å²) in [5.41, 5.74) is 0. The average Bonchev–Trinajstić information content (AvgIpc) is 3.33. The van der Waals surface area contributed by atoms with Crippen LogP contribution in [0.1, 0.15) is 162 Å². The number of ether oxygens (including phenoxy) is 6. The summed E-state index contributed by atoms with van der Waals surface area (Å²) in [5, 5.41) is 119. The minimum atomic E-state index is -1.97. The van der Waals surface area contributed by atoms with Crippen LogP contribution in [0.3, 0.4) is 0 Å². The van der Waals surface area contributed by atoms with Crippen LogP contribution in [-0.2, 0) is 33.2 Å². The van der Waals surface area contributed by atoms with Gasteiger partial charge in [0.1, 0.15) is 73.2 Å². The molecule has 0 spiro atoms. The lowest BCUT2D eigenvalue weighted by molar-refractivity contribution is -0.379. The minimum absolute atomic E-state index is 0.245. The van der Waals surface area contributed by atoms with Gasteiger partial charge < -0.3 is 89.9 Å². The maximum absolute atomic E-state index is 13.1. The number of carbonyl (C=O) groups is 1. The summed E-state index contributed by atoms with van der Waals surface area (Å²) in [5.74, 6) is -0.282. The number of nitrogens with one attached hydrogen (secondary N) is 1. The first-order valence-electron chi connectivity index (χ1n) is 25.9. The van der Waals surface area contributed by atoms with Gasteiger partial charge in [0.15, 0.2) is 18.9 Å². The van der Waals surface area contributed by atoms with E-state index < -0.39 is 124 Å². The highest BCUT2D eigenvalue weighted by atomic mass is 16.8. The van der Waals surface area contributed by atoms with Gasteiger partial charge in [-0.15, -0.1) is 0 Å². The Morgan fingerprint density at radius 1 is 0.515 bits per heavy atom. The van der Waals surface area contributed by atoms with E-state index in [9.17, 15) is 61.0 Å². The zero-order chi connectivity index (χ0) is 49.8. The molecule has 0 aromatic heterocycles. The van der Waals surface area contributed by atoms with Gasteiger partial charge in [-0.25, -0.2) is 0 Å². The van der Waals surface area contributed by atoms with Crippen molar-refractivity contribution in [2.24, 2.45) is 0 Å². The van der Waals surface area contributed by atoms with E-state index in [0.717, 1.165) is 44.9 Å². The van der Waals surface area contributed by atoms with Gasteiger partial charge in [-0.3, -0.25) is 4.79 Å². The molecule has 3 aliphatic heterocycles. The van der Waals surface area contributed by atoms with Crippen LogP contribution in [0.5, 0.6) is 0 Å². The van der Waals surface area contributed by atoms with Crippen LogP contribution in [-0.4, -0.2) is 193 Å². The molecule has 0 bridgehead atoms. The third-order valence-corrected chi connectivity index (χ3v) is 13.3. The molecule has 17 atom stereocenters. The maximum atomic E-state index is 13.1. The Bertz CT molecular complexity index is 1310. The van der Waals surface area contributed by atoms with E-state index in [1.54, 1.807) is 6.08 Å². The first kappa shape index (κ1) is 60.8. The Morgan fingerprint density at radius 2 is 0.912 bits per heavy atom. The highest BCUT2D eigenvalue weighted by Crippen LogP contribution is 2.33. The number of hydrogen-bond acceptors (Lipinski definition) is 18. The summed E-state index contributed by atoms with van der Waals surface area (Å²) in [6.07, 6.45) is 2.34. The van der Waals surface area contributed by atoms with Crippen molar-refractivity contribution in [1.82, 2.24) is 5.32 Å². The molecule has 3 heterocycles. The fourth-order valence-electron chi connectivity index (χ4n) is 8.95. The van der Waals surface area contributed by atoms with E-state index in [1.165, 1.54) is 89.9 Å². The number of carbonyl (C=O) groups excluding carboxylic acids is 1. The maximum Gasteiger partial charge on any atom is 0.220 e. The number of amides is 1. The highest BCUT2D eigenvalue weighted by Gasteiger charge is 2.53. The molecular weight excluding hydrogens is 891 g/mol. The fourth-order valence-corrected chi connectivity index (χ4v) is 8.95. The molecule has 68 heavy (non-hydrogen) atoms. The van der Waals surface area contributed by atoms with Crippen molar-refractivity contribution in [2.75, 3.05) is 26.4 Å². The van der Waals surface area contributed by atoms with Crippen LogP contribution < -0.4 is 5.32 Å². The smallest absolute Gasteiger partial charge is 0.220 e. The molecule has 3 aliphatic rings. The highest BCUT2D eigenvalue weighted by molar-refractivity contribution is 5.76. The first-order chi connectivity index (χ1) is 32.8. The quantitative estimate of drug-likeness (QED) is 0.0315. The molecule has 0 aliphatic carbocycles. The lowest BCUT2D eigenvalue weighted by Gasteiger charge is -2.48. The second kappa shape index (κ2) is 34.8. The molecule has 12 N–H and O–H groups in total. The minimum Gasteiger partial charge on any atom is -0.394 e. The Kier molecular flexibility index (Phi) is 31.1. The molecule has 0 radical (unpaired) electrons. The van der Waals surface area contributed by atoms with E-state index in [1.807, 2.05) is 6.08 Å². The average molecular weight is 982 g/mol. The largest absolute Gasteiger partial charge is 0.394 e. The van der Waals surface area contributed by atoms with Crippen LogP contribution in [0.15, 0.2) is 12.2 Å². The van der Waals surface area contributed by atoms with Crippen LogP contribution in [0.2, 0.25) is 0 Å². The Balaban J connectivity index is 1.56. The van der Waals surface area contributed by atoms with E-state index in [4.69, 9.17) is 28.4 Å². The Morgan fingerprint density at radius 3 is 1.38 bits per heavy atom. The van der Waals surface area contributed by atoms with Gasteiger partial charge in [-0.2, -0.15) is 0 Å². The molecule has 0 aromatic rings. The summed E-state index contributed by atoms with van der Waals surface area (Å²) in [6.45, 7) is 1.65. The number of aliphatic hydroxyl groups is 11. The van der Waals surface area contributed by atoms with Crippen molar-refractivity contribution in [1.29, 1.82) is 0 Å². The standard InChI is InChI=1S/C49H91NO18/c1-3-5-7-9-11-13-14-15-16-17-18-19-20-22-24-26-33(54)32(50-37(55)27-25-23-21-12-10-8-6-4-2)31-63-47-43(61)40(58)45(35(29-52)65-47)68-49-44(62)41(59)46(36(30-53)66-49)67-48-42(60)39(57)38(56)34(28-51)64-48/h24,26,32-36,38-49,51-54,56-62H,3-23,25,27-31H2,1-2H3,(H,50,55)/b26-24+. The van der Waals surface area contributed by atoms with Gasteiger partial charge >= 0.3 is 0 Å². The molecule has 0 aromatic carbocycles. The summed E-state index contributed by atoms with van der Waals surface area (Å²) in [6, 6.07) is -0.963. The SMILES string of the molecule is CCCCCCCCCCCCCCC/C=C/C(O)C(COC1OC(CO)C(OC2OC(CO)C(OC3OC(CO)C(O)C(O)C3O)C(O)C2O)C(O)C1O)NC(=O)CCCCCCCCCC. The predicted octanol–water partition coefficient (Wildman–Crippen LogP) is 1.87. The molecule has 3 saturated heterocycles. The van der Waals surface area contributed by atoms with Crippen molar-refractivity contribution >= 4 is 5.91 Å². The normalized spacial score (nSPS) is 33.2. The summed E-state index contributed by atoms with van der Waals surface area (Å²) in [7, 11) is 0. The number of rotatable bonds is 36. The fraction of sp³-hybridized carbons (Fsp3) is 0.939. The molecule has 3 rings (SSSR count). The van der Waals surface area contributed by atoms with Crippen molar-refractivity contribution < 1.29 is 89.4 Å². The number of unbranched alkanes of at least 4 members (excludes halogenated alkanes) is 20. The summed E-state index contributed by atoms with van der Waals surface area (Å²) in [4.78, 5) is 13.1. The van der Waals surface area contributed by atoms with Crippen LogP contribution >= 0.6 is 0 Å². The van der Waals surface area contributed by atoms with E-state index >= 15 is 0 Å². The molecule has 17 unspecified atom stereocenters. The molecule has 1 amide bonds. The lowest BCUT2D eigenvalue weighted by Crippen LogP contribution is -2.66. The van der Waals surface area contributed by atoms with E-state index in [-0.39, 0.29) is 18.9 Å². The van der Waals surface area contributed by atoms with Crippen molar-refractivity contribution in [3.05, 3.63) is 12.2 Å². The second-order valence-electron chi connectivity index (χ2n) is 19.0. The van der Waals surface area contributed by atoms with Crippen molar-refractivity contribution in [2.45, 2.75) is 266 Å². The zero-order valence-electron chi connectivity index (χ0n) is 40.8. The van der Waals surface area contributed by atoms with Gasteiger partial charge in [-0.05, 0) is 19.3 Å². The van der Waals surface area contributed by atoms with Crippen molar-refractivity contribution in [3.63, 3.8) is 0 Å². The van der Waals surface area contributed by atoms with Crippen LogP contribution in [0, 0.1) is 0 Å². The molecule has 3 fully saturated rings. The van der Waals surface area contributed by atoms with Gasteiger partial charge in [0.05, 0.1) is 38.6 Å². The van der Waals surface area contributed by atoms with Crippen molar-refractivity contribution in [3.8, 4) is 0 Å². The topological polar surface area (TPSA) is 307 Å². The third kappa shape index (κ3) is 20.6. The van der Waals surface area contributed by atoms with E-state index in [2.05, 4.69) is 19.2 Å². The monoisotopic (exact) mass is 982 g/mol. The van der Waals surface area contributed by atoms with Gasteiger partial charge in [-0.1, -0.05) is 148 Å². The summed E-state index contributed by atoms with van der Waals surface area (Å²) < 4.78 is 34.1. The Labute approximate surface area is 404 Å². The lowest BCUT2D eigenvalue weighted by atomic mass is 9.96. The molecule has 19 nitrogen and oxygen atoms in total. The van der Waals surface area contributed by atoms with Crippen LogP contribution in [0.25, 0.3) is 0 Å². The van der Waals surface area contributed by atoms with Gasteiger partial charge in [0.25, 0.3) is 0 Å². The molecule has 19 heteroatoms. The van der Waals surface area contributed by atoms with Gasteiger partial charge in [0.2, 0.25) is 5.91 Å². The Hall–Kier alpha value is -1.47. The molecule has 0 saturated carbocycles. The number of hydrogen-bond donors (Lipinski definition) is 12.